The highest BCUT2D eigenvalue weighted by molar-refractivity contribution is 4.66. The number of hydrogen-bond acceptors (Lipinski definition) is 5. The van der Waals surface area contributed by atoms with Crippen molar-refractivity contribution in [3.63, 3.8) is 0 Å². The third kappa shape index (κ3) is 8.14. The van der Waals surface area contributed by atoms with Gasteiger partial charge >= 0.3 is 0 Å². The Morgan fingerprint density at radius 2 is 1.46 bits per heavy atom. The molecule has 0 aliphatic carbocycles. The van der Waals surface area contributed by atoms with Gasteiger partial charge in [-0.1, -0.05) is 0 Å². The molecule has 1 heterocycles. The standard InChI is InChI=1S/C6H15N3.C2H8N2/c7-1-4-9-5-2-8-3-6-9;3-1-2-4/h8H,1-7H2;1-4H2. The first-order chi connectivity index (χ1) is 6.35. The lowest BCUT2D eigenvalue weighted by Gasteiger charge is -2.26. The van der Waals surface area contributed by atoms with Crippen molar-refractivity contribution in [2.75, 3.05) is 52.4 Å². The monoisotopic (exact) mass is 189 g/mol. The molecule has 0 atom stereocenters. The van der Waals surface area contributed by atoms with Crippen LogP contribution in [0.25, 0.3) is 0 Å². The van der Waals surface area contributed by atoms with E-state index in [-0.39, 0.29) is 0 Å². The van der Waals surface area contributed by atoms with E-state index in [0.717, 1.165) is 39.3 Å². The molecule has 1 saturated heterocycles. The molecule has 0 aromatic carbocycles. The van der Waals surface area contributed by atoms with Gasteiger partial charge in [0, 0.05) is 52.4 Å². The maximum atomic E-state index is 5.40. The maximum absolute atomic E-state index is 5.40. The minimum atomic E-state index is 0.597. The van der Waals surface area contributed by atoms with Gasteiger partial charge in [0.15, 0.2) is 0 Å². The summed E-state index contributed by atoms with van der Waals surface area (Å²) in [7, 11) is 0. The van der Waals surface area contributed by atoms with Gasteiger partial charge in [-0.25, -0.2) is 0 Å². The average molecular weight is 189 g/mol. The molecule has 0 aromatic rings. The van der Waals surface area contributed by atoms with Gasteiger partial charge in [0.1, 0.15) is 0 Å². The number of nitrogens with one attached hydrogen (secondary N) is 1. The van der Waals surface area contributed by atoms with Gasteiger partial charge < -0.3 is 22.5 Å². The molecule has 0 saturated carbocycles. The van der Waals surface area contributed by atoms with E-state index < -0.39 is 0 Å². The lowest BCUT2D eigenvalue weighted by Crippen LogP contribution is -2.45. The molecule has 0 amide bonds. The third-order valence-corrected chi connectivity index (χ3v) is 1.82. The summed E-state index contributed by atoms with van der Waals surface area (Å²) in [6, 6.07) is 0. The van der Waals surface area contributed by atoms with Crippen LogP contribution >= 0.6 is 0 Å². The van der Waals surface area contributed by atoms with Crippen LogP contribution in [0.15, 0.2) is 0 Å². The third-order valence-electron chi connectivity index (χ3n) is 1.82. The number of piperazine rings is 1. The lowest BCUT2D eigenvalue weighted by atomic mass is 10.3. The zero-order chi connectivity index (χ0) is 9.94. The lowest BCUT2D eigenvalue weighted by molar-refractivity contribution is 0.247. The second kappa shape index (κ2) is 9.88. The normalized spacial score (nSPS) is 17.8. The Labute approximate surface area is 80.6 Å². The van der Waals surface area contributed by atoms with E-state index in [4.69, 9.17) is 17.2 Å². The summed E-state index contributed by atoms with van der Waals surface area (Å²) in [5.74, 6) is 0. The van der Waals surface area contributed by atoms with Crippen molar-refractivity contribution in [1.82, 2.24) is 10.2 Å². The Morgan fingerprint density at radius 3 is 1.85 bits per heavy atom. The molecule has 1 rings (SSSR count). The van der Waals surface area contributed by atoms with E-state index in [0.29, 0.717) is 13.1 Å². The fraction of sp³-hybridized carbons (Fsp3) is 1.00. The van der Waals surface area contributed by atoms with Crippen molar-refractivity contribution in [1.29, 1.82) is 0 Å². The smallest absolute Gasteiger partial charge is 0.0108 e. The van der Waals surface area contributed by atoms with E-state index in [1.165, 1.54) is 0 Å². The molecule has 13 heavy (non-hydrogen) atoms. The molecule has 5 heteroatoms. The van der Waals surface area contributed by atoms with Gasteiger partial charge in [-0.05, 0) is 0 Å². The highest BCUT2D eigenvalue weighted by atomic mass is 15.2. The summed E-state index contributed by atoms with van der Waals surface area (Å²) in [5, 5.41) is 3.29. The first-order valence-electron chi connectivity index (χ1n) is 4.88. The topological polar surface area (TPSA) is 93.3 Å². The molecule has 0 aromatic heterocycles. The van der Waals surface area contributed by atoms with Crippen LogP contribution in [0.2, 0.25) is 0 Å². The summed E-state index contributed by atoms with van der Waals surface area (Å²) in [6.45, 7) is 7.62. The predicted molar refractivity (Wildman–Crippen MR) is 56.5 cm³/mol. The summed E-state index contributed by atoms with van der Waals surface area (Å²) in [5.41, 5.74) is 15.2. The van der Waals surface area contributed by atoms with E-state index >= 15 is 0 Å². The Hall–Kier alpha value is -0.200. The summed E-state index contributed by atoms with van der Waals surface area (Å²) in [6.07, 6.45) is 0. The van der Waals surface area contributed by atoms with Crippen LogP contribution in [0.5, 0.6) is 0 Å². The van der Waals surface area contributed by atoms with Crippen LogP contribution in [0.4, 0.5) is 0 Å². The molecule has 5 nitrogen and oxygen atoms in total. The van der Waals surface area contributed by atoms with Crippen LogP contribution < -0.4 is 22.5 Å². The van der Waals surface area contributed by atoms with Crippen molar-refractivity contribution in [3.05, 3.63) is 0 Å². The quantitative estimate of drug-likeness (QED) is 0.403. The fourth-order valence-electron chi connectivity index (χ4n) is 1.12. The van der Waals surface area contributed by atoms with E-state index in [9.17, 15) is 0 Å². The van der Waals surface area contributed by atoms with Crippen molar-refractivity contribution in [2.24, 2.45) is 17.2 Å². The fourth-order valence-corrected chi connectivity index (χ4v) is 1.12. The van der Waals surface area contributed by atoms with Crippen LogP contribution in [-0.4, -0.2) is 57.3 Å². The van der Waals surface area contributed by atoms with Crippen molar-refractivity contribution in [3.8, 4) is 0 Å². The van der Waals surface area contributed by atoms with Gasteiger partial charge in [0.05, 0.1) is 0 Å². The molecule has 0 spiro atoms. The number of hydrogen-bond donors (Lipinski definition) is 4. The maximum Gasteiger partial charge on any atom is 0.0108 e. The van der Waals surface area contributed by atoms with Gasteiger partial charge in [-0.3, -0.25) is 4.90 Å². The van der Waals surface area contributed by atoms with Crippen LogP contribution in [0.1, 0.15) is 0 Å². The van der Waals surface area contributed by atoms with Gasteiger partial charge in [0.2, 0.25) is 0 Å². The molecular weight excluding hydrogens is 166 g/mol. The van der Waals surface area contributed by atoms with Gasteiger partial charge in [-0.15, -0.1) is 0 Å². The van der Waals surface area contributed by atoms with Gasteiger partial charge in [0.25, 0.3) is 0 Å². The predicted octanol–water partition coefficient (Wildman–Crippen LogP) is -2.25. The van der Waals surface area contributed by atoms with Crippen molar-refractivity contribution < 1.29 is 0 Å². The highest BCUT2D eigenvalue weighted by Gasteiger charge is 2.06. The molecule has 1 aliphatic heterocycles. The summed E-state index contributed by atoms with van der Waals surface area (Å²) < 4.78 is 0. The second-order valence-electron chi connectivity index (χ2n) is 2.96. The Morgan fingerprint density at radius 1 is 0.923 bits per heavy atom. The Kier molecular flexibility index (Phi) is 9.73. The Balaban J connectivity index is 0.000000310. The van der Waals surface area contributed by atoms with E-state index in [1.807, 2.05) is 0 Å². The van der Waals surface area contributed by atoms with E-state index in [2.05, 4.69) is 10.2 Å². The molecule has 0 radical (unpaired) electrons. The van der Waals surface area contributed by atoms with Crippen LogP contribution in [0, 0.1) is 0 Å². The zero-order valence-corrected chi connectivity index (χ0v) is 8.34. The molecule has 1 aliphatic rings. The second-order valence-corrected chi connectivity index (χ2v) is 2.96. The number of nitrogens with zero attached hydrogens (tertiary/aromatic N) is 1. The molecule has 80 valence electrons. The molecular formula is C8H23N5. The number of rotatable bonds is 3. The van der Waals surface area contributed by atoms with Crippen LogP contribution in [-0.2, 0) is 0 Å². The minimum Gasteiger partial charge on any atom is -0.329 e. The molecule has 0 bridgehead atoms. The highest BCUT2D eigenvalue weighted by Crippen LogP contribution is 1.88. The molecule has 1 fully saturated rings. The van der Waals surface area contributed by atoms with Crippen LogP contribution in [0.3, 0.4) is 0 Å². The molecule has 0 unspecified atom stereocenters. The van der Waals surface area contributed by atoms with Crippen molar-refractivity contribution in [2.45, 2.75) is 0 Å². The number of nitrogens with two attached hydrogens (primary N) is 3. The summed E-state index contributed by atoms with van der Waals surface area (Å²) >= 11 is 0. The first-order valence-corrected chi connectivity index (χ1v) is 4.88. The Bertz CT molecular complexity index is 87.8. The van der Waals surface area contributed by atoms with Gasteiger partial charge in [-0.2, -0.15) is 0 Å². The van der Waals surface area contributed by atoms with E-state index in [1.54, 1.807) is 0 Å². The first kappa shape index (κ1) is 12.8. The zero-order valence-electron chi connectivity index (χ0n) is 8.34. The minimum absolute atomic E-state index is 0.597. The molecule has 7 N–H and O–H groups in total. The largest absolute Gasteiger partial charge is 0.329 e. The summed E-state index contributed by atoms with van der Waals surface area (Å²) in [4.78, 5) is 2.39. The average Bonchev–Trinajstić information content (AvgIpc) is 2.20. The SMILES string of the molecule is NCCN.NCCN1CCNCC1. The van der Waals surface area contributed by atoms with Crippen molar-refractivity contribution >= 4 is 0 Å².